The van der Waals surface area contributed by atoms with Crippen LogP contribution in [-0.4, -0.2) is 94.2 Å². The van der Waals surface area contributed by atoms with Crippen molar-refractivity contribution < 1.29 is 19.5 Å². The molecular weight excluding hydrogens is 668 g/mol. The predicted octanol–water partition coefficient (Wildman–Crippen LogP) is 4.10. The fourth-order valence-electron chi connectivity index (χ4n) is 7.58. The molecule has 0 saturated carbocycles. The molecule has 3 aromatic rings. The molecule has 4 heterocycles. The molecule has 2 bridgehead atoms. The van der Waals surface area contributed by atoms with Crippen molar-refractivity contribution in [1.82, 2.24) is 24.8 Å². The van der Waals surface area contributed by atoms with Crippen LogP contribution in [0.25, 0.3) is 11.0 Å². The third-order valence-corrected chi connectivity index (χ3v) is 12.8. The lowest BCUT2D eigenvalue weighted by molar-refractivity contribution is -0.147. The molecule has 1 spiro atoms. The molecule has 242 valence electrons. The van der Waals surface area contributed by atoms with E-state index in [0.717, 1.165) is 11.2 Å². The van der Waals surface area contributed by atoms with E-state index in [9.17, 15) is 19.5 Å². The highest BCUT2D eigenvalue weighted by atomic mass is 79.9. The molecule has 46 heavy (non-hydrogen) atoms. The molecular formula is C34H39BrN6O4S. The number of rotatable bonds is 12. The van der Waals surface area contributed by atoms with E-state index < -0.39 is 28.7 Å². The van der Waals surface area contributed by atoms with Crippen molar-refractivity contribution in [3.05, 3.63) is 79.9 Å². The Bertz CT molecular complexity index is 1650. The first kappa shape index (κ1) is 32.5. The van der Waals surface area contributed by atoms with E-state index in [2.05, 4.69) is 39.4 Å². The maximum absolute atomic E-state index is 15.0. The Balaban J connectivity index is 1.43. The summed E-state index contributed by atoms with van der Waals surface area (Å²) in [6.45, 7) is 12.0. The lowest BCUT2D eigenvalue weighted by Crippen LogP contribution is -2.59. The number of alkyl halides is 1. The summed E-state index contributed by atoms with van der Waals surface area (Å²) in [5.41, 5.74) is 2.21. The van der Waals surface area contributed by atoms with Gasteiger partial charge >= 0.3 is 0 Å². The minimum absolute atomic E-state index is 0.0918. The number of halogens is 1. The zero-order valence-corrected chi connectivity index (χ0v) is 28.4. The van der Waals surface area contributed by atoms with Gasteiger partial charge in [0.25, 0.3) is 0 Å². The summed E-state index contributed by atoms with van der Waals surface area (Å²) in [6.07, 6.45) is 3.88. The number of nitrogens with zero attached hydrogens (tertiary/aromatic N) is 6. The molecule has 0 radical (unpaired) electrons. The smallest absolute Gasteiger partial charge is 0.248 e. The van der Waals surface area contributed by atoms with Crippen molar-refractivity contribution in [2.45, 2.75) is 53.8 Å². The summed E-state index contributed by atoms with van der Waals surface area (Å²) in [7, 11) is 0. The maximum atomic E-state index is 15.0. The van der Waals surface area contributed by atoms with Crippen molar-refractivity contribution in [2.24, 2.45) is 17.8 Å². The third kappa shape index (κ3) is 5.18. The second-order valence-corrected chi connectivity index (χ2v) is 15.3. The number of carbonyl (C=O) groups excluding carboxylic acids is 3. The fraction of sp³-hybridized carbons (Fsp3) is 0.441. The summed E-state index contributed by atoms with van der Waals surface area (Å²) in [5.74, 6) is -2.22. The number of thioether (sulfide) groups is 1. The van der Waals surface area contributed by atoms with Gasteiger partial charge in [-0.15, -0.1) is 30.0 Å². The van der Waals surface area contributed by atoms with Gasteiger partial charge in [-0.05, 0) is 36.6 Å². The lowest BCUT2D eigenvalue weighted by atomic mass is 9.70. The largest absolute Gasteiger partial charge is 0.394 e. The molecule has 1 aromatic heterocycles. The molecule has 1 N–H and O–H groups in total. The molecule has 6 rings (SSSR count). The van der Waals surface area contributed by atoms with Crippen LogP contribution < -0.4 is 4.90 Å². The zero-order chi connectivity index (χ0) is 32.7. The Morgan fingerprint density at radius 2 is 1.80 bits per heavy atom. The van der Waals surface area contributed by atoms with Crippen LogP contribution in [0.5, 0.6) is 0 Å². The highest BCUT2D eigenvalue weighted by Crippen LogP contribution is 2.68. The normalized spacial score (nSPS) is 27.2. The number of aromatic nitrogens is 3. The fourth-order valence-corrected chi connectivity index (χ4v) is 11.2. The molecule has 3 fully saturated rings. The van der Waals surface area contributed by atoms with E-state index in [-0.39, 0.29) is 60.1 Å². The monoisotopic (exact) mass is 706 g/mol. The van der Waals surface area contributed by atoms with Gasteiger partial charge in [0.1, 0.15) is 18.2 Å². The van der Waals surface area contributed by atoms with E-state index in [1.54, 1.807) is 43.3 Å². The van der Waals surface area contributed by atoms with Crippen molar-refractivity contribution in [2.75, 3.05) is 24.6 Å². The molecule has 12 heteroatoms. The van der Waals surface area contributed by atoms with Crippen LogP contribution in [0.3, 0.4) is 0 Å². The molecule has 7 atom stereocenters. The van der Waals surface area contributed by atoms with Gasteiger partial charge in [-0.25, -0.2) is 4.68 Å². The van der Waals surface area contributed by atoms with Crippen molar-refractivity contribution in [3.63, 3.8) is 0 Å². The standard InChI is InChI=1S/C34H39BrN6O4S/c1-5-16-38(20-40-25-15-11-10-14-24(25)36-37-40)33(45)30-34-18-23(35)29(46-34)27(28(34)32(44)41(30)26(19-42)21(3)4)31(43)39(17-6-2)22-12-8-7-9-13-22/h5-15,21,23,26-30,42H,1-2,16-20H2,3-4H3/t23?,26-,27+,28-,29+,30?,34?/m0/s1. The van der Waals surface area contributed by atoms with E-state index in [4.69, 9.17) is 0 Å². The number of aliphatic hydroxyl groups excluding tert-OH is 1. The minimum Gasteiger partial charge on any atom is -0.394 e. The summed E-state index contributed by atoms with van der Waals surface area (Å²) in [4.78, 5) is 49.2. The number of hydrogen-bond donors (Lipinski definition) is 1. The van der Waals surface area contributed by atoms with Crippen LogP contribution in [-0.2, 0) is 21.1 Å². The van der Waals surface area contributed by atoms with Gasteiger partial charge in [0.15, 0.2) is 0 Å². The van der Waals surface area contributed by atoms with E-state index in [1.807, 2.05) is 68.4 Å². The number of fused-ring (bicyclic) bond motifs is 2. The summed E-state index contributed by atoms with van der Waals surface area (Å²) in [6, 6.07) is 15.4. The van der Waals surface area contributed by atoms with Crippen LogP contribution in [0.2, 0.25) is 0 Å². The first-order valence-corrected chi connectivity index (χ1v) is 17.4. The topological polar surface area (TPSA) is 112 Å². The van der Waals surface area contributed by atoms with E-state index in [1.165, 1.54) is 0 Å². The molecule has 3 aliphatic rings. The van der Waals surface area contributed by atoms with E-state index in [0.29, 0.717) is 11.9 Å². The molecule has 3 amide bonds. The van der Waals surface area contributed by atoms with Gasteiger partial charge in [-0.2, -0.15) is 0 Å². The third-order valence-electron chi connectivity index (χ3n) is 9.59. The summed E-state index contributed by atoms with van der Waals surface area (Å²) < 4.78 is 0.793. The molecule has 0 aliphatic carbocycles. The zero-order valence-electron chi connectivity index (χ0n) is 26.0. The molecule has 2 aromatic carbocycles. The van der Waals surface area contributed by atoms with Gasteiger partial charge in [-0.1, -0.05) is 77.5 Å². The van der Waals surface area contributed by atoms with Crippen LogP contribution >= 0.6 is 27.7 Å². The predicted molar refractivity (Wildman–Crippen MR) is 183 cm³/mol. The van der Waals surface area contributed by atoms with Gasteiger partial charge < -0.3 is 19.8 Å². The van der Waals surface area contributed by atoms with Crippen LogP contribution in [0, 0.1) is 17.8 Å². The Hall–Kier alpha value is -3.48. The minimum atomic E-state index is -0.906. The number of hydrogen-bond acceptors (Lipinski definition) is 7. The quantitative estimate of drug-likeness (QED) is 0.223. The number of para-hydroxylation sites is 2. The van der Waals surface area contributed by atoms with Crippen LogP contribution in [0.1, 0.15) is 20.3 Å². The molecule has 3 unspecified atom stereocenters. The van der Waals surface area contributed by atoms with Gasteiger partial charge in [0.05, 0.1) is 34.7 Å². The Kier molecular flexibility index (Phi) is 9.15. The second-order valence-electron chi connectivity index (χ2n) is 12.5. The average molecular weight is 708 g/mol. The lowest BCUT2D eigenvalue weighted by Gasteiger charge is -2.40. The SMILES string of the molecule is C=CCN(Cn1nnc2ccccc21)C(=O)C1N([C@@H](CO)C(C)C)C(=O)[C@@H]2[C@@H](C(=O)N(CC=C)c3ccccc3)[C@@H]3SC12CC3Br. The Morgan fingerprint density at radius 3 is 2.48 bits per heavy atom. The number of aliphatic hydroxyl groups is 1. The maximum Gasteiger partial charge on any atom is 0.248 e. The average Bonchev–Trinajstić information content (AvgIpc) is 3.77. The molecule has 3 aliphatic heterocycles. The van der Waals surface area contributed by atoms with Gasteiger partial charge in [-0.3, -0.25) is 14.4 Å². The number of carbonyl (C=O) groups is 3. The van der Waals surface area contributed by atoms with Crippen molar-refractivity contribution in [3.8, 4) is 0 Å². The number of likely N-dealkylation sites (tertiary alicyclic amines) is 1. The number of amides is 3. The number of benzene rings is 2. The summed E-state index contributed by atoms with van der Waals surface area (Å²) in [5, 5.41) is 19.0. The Morgan fingerprint density at radius 1 is 1.11 bits per heavy atom. The first-order valence-electron chi connectivity index (χ1n) is 15.6. The van der Waals surface area contributed by atoms with Crippen LogP contribution in [0.15, 0.2) is 79.9 Å². The first-order chi connectivity index (χ1) is 22.2. The molecule has 10 nitrogen and oxygen atoms in total. The van der Waals surface area contributed by atoms with Crippen molar-refractivity contribution >= 4 is 62.1 Å². The number of anilines is 1. The second kappa shape index (κ2) is 13.0. The van der Waals surface area contributed by atoms with Crippen LogP contribution in [0.4, 0.5) is 5.69 Å². The molecule has 3 saturated heterocycles. The van der Waals surface area contributed by atoms with Gasteiger partial charge in [0, 0.05) is 28.9 Å². The van der Waals surface area contributed by atoms with Gasteiger partial charge in [0.2, 0.25) is 17.7 Å². The van der Waals surface area contributed by atoms with Crippen molar-refractivity contribution in [1.29, 1.82) is 0 Å². The summed E-state index contributed by atoms with van der Waals surface area (Å²) >= 11 is 5.45. The highest BCUT2D eigenvalue weighted by molar-refractivity contribution is 9.09. The van der Waals surface area contributed by atoms with E-state index >= 15 is 0 Å². The highest BCUT2D eigenvalue weighted by Gasteiger charge is 2.76. The Labute approximate surface area is 281 Å².